The first kappa shape index (κ1) is 24.0. The van der Waals surface area contributed by atoms with E-state index >= 15 is 0 Å². The van der Waals surface area contributed by atoms with Crippen LogP contribution in [0.3, 0.4) is 0 Å². The molecule has 0 aliphatic carbocycles. The topological polar surface area (TPSA) is 101 Å². The van der Waals surface area contributed by atoms with Crippen LogP contribution >= 0.6 is 11.6 Å². The molecule has 0 unspecified atom stereocenters. The van der Waals surface area contributed by atoms with Crippen molar-refractivity contribution in [2.45, 2.75) is 13.5 Å². The van der Waals surface area contributed by atoms with Gasteiger partial charge in [-0.2, -0.15) is 5.26 Å². The number of aryl methyl sites for hydroxylation is 1. The number of amides is 1. The summed E-state index contributed by atoms with van der Waals surface area (Å²) in [5, 5.41) is 15.9. The minimum absolute atomic E-state index is 0.403. The smallest absolute Gasteiger partial charge is 0.312 e. The Balaban J connectivity index is 1.34. The van der Waals surface area contributed by atoms with Crippen LogP contribution < -0.4 is 5.32 Å². The number of aromatic amines is 1. The van der Waals surface area contributed by atoms with E-state index in [1.165, 1.54) is 5.56 Å². The van der Waals surface area contributed by atoms with E-state index in [2.05, 4.69) is 38.4 Å². The normalized spacial score (nSPS) is 14.2. The molecule has 5 aromatic rings. The number of carbonyl (C=O) groups excluding carboxylic acids is 1. The van der Waals surface area contributed by atoms with Crippen molar-refractivity contribution in [2.75, 3.05) is 31.5 Å². The number of benzene rings is 2. The molecule has 189 valence electrons. The summed E-state index contributed by atoms with van der Waals surface area (Å²) in [4.78, 5) is 22.4. The van der Waals surface area contributed by atoms with Crippen molar-refractivity contribution in [1.82, 2.24) is 19.8 Å². The maximum atomic E-state index is 10.9. The van der Waals surface area contributed by atoms with E-state index in [4.69, 9.17) is 16.0 Å². The molecule has 9 heteroatoms. The molecule has 0 saturated carbocycles. The van der Waals surface area contributed by atoms with E-state index in [0.717, 1.165) is 52.8 Å². The third-order valence-electron chi connectivity index (χ3n) is 7.14. The first-order valence-corrected chi connectivity index (χ1v) is 12.7. The van der Waals surface area contributed by atoms with Gasteiger partial charge in [-0.05, 0) is 48.4 Å². The maximum absolute atomic E-state index is 10.9. The summed E-state index contributed by atoms with van der Waals surface area (Å²) >= 11 is 6.53. The fourth-order valence-electron chi connectivity index (χ4n) is 5.04. The van der Waals surface area contributed by atoms with Crippen LogP contribution in [-0.4, -0.2) is 52.4 Å². The number of nitrogens with one attached hydrogen (secondary N) is 2. The monoisotopic (exact) mass is 523 g/mol. The van der Waals surface area contributed by atoms with E-state index in [1.807, 2.05) is 43.8 Å². The highest BCUT2D eigenvalue weighted by atomic mass is 35.5. The van der Waals surface area contributed by atoms with Crippen molar-refractivity contribution in [1.29, 1.82) is 5.26 Å². The number of fused-ring (bicyclic) bond motifs is 2. The van der Waals surface area contributed by atoms with Crippen LogP contribution in [0.1, 0.15) is 16.7 Å². The second-order valence-electron chi connectivity index (χ2n) is 9.48. The van der Waals surface area contributed by atoms with Crippen molar-refractivity contribution in [3.8, 4) is 17.4 Å². The van der Waals surface area contributed by atoms with Gasteiger partial charge >= 0.3 is 6.41 Å². The summed E-state index contributed by atoms with van der Waals surface area (Å²) in [5.74, 6) is 0.617. The zero-order valence-electron chi connectivity index (χ0n) is 20.7. The second-order valence-corrected chi connectivity index (χ2v) is 9.89. The fourth-order valence-corrected chi connectivity index (χ4v) is 5.31. The third kappa shape index (κ3) is 4.36. The van der Waals surface area contributed by atoms with Gasteiger partial charge in [0.05, 0.1) is 27.4 Å². The quantitative estimate of drug-likeness (QED) is 0.294. The van der Waals surface area contributed by atoms with Gasteiger partial charge in [0.25, 0.3) is 0 Å². The Labute approximate surface area is 224 Å². The van der Waals surface area contributed by atoms with Gasteiger partial charge in [0.15, 0.2) is 0 Å². The summed E-state index contributed by atoms with van der Waals surface area (Å²) in [6, 6.07) is 14.2. The predicted octanol–water partition coefficient (Wildman–Crippen LogP) is 5.74. The lowest BCUT2D eigenvalue weighted by molar-refractivity contribution is 0.172. The molecule has 0 spiro atoms. The lowest BCUT2D eigenvalue weighted by Gasteiger charge is -2.31. The summed E-state index contributed by atoms with van der Waals surface area (Å²) in [7, 11) is 0. The van der Waals surface area contributed by atoms with Crippen LogP contribution in [0.25, 0.3) is 33.2 Å². The summed E-state index contributed by atoms with van der Waals surface area (Å²) in [6.07, 6.45) is 7.08. The van der Waals surface area contributed by atoms with E-state index in [1.54, 1.807) is 17.3 Å². The highest BCUT2D eigenvalue weighted by molar-refractivity contribution is 6.35. The third-order valence-corrected chi connectivity index (χ3v) is 7.44. The number of hydrogen-bond acceptors (Lipinski definition) is 6. The molecule has 38 heavy (non-hydrogen) atoms. The average Bonchev–Trinajstić information content (AvgIpc) is 3.60. The molecule has 0 atom stereocenters. The SMILES string of the molecule is Cc1c(Nc2c(C#N)cncc2-c2cc3cc(CN4CCN([C]=O)CC4)ccc3o2)cc(Cl)c2[nH]ccc12. The molecule has 8 nitrogen and oxygen atoms in total. The largest absolute Gasteiger partial charge is 0.456 e. The molecule has 4 heterocycles. The van der Waals surface area contributed by atoms with Gasteiger partial charge in [-0.15, -0.1) is 0 Å². The first-order chi connectivity index (χ1) is 18.5. The standard InChI is InChI=1S/C29H24ClN6O2/c1-18-22-4-5-33-29(22)24(30)12-25(18)34-28-21(13-31)14-32-15-23(28)27-11-20-10-19(2-3-26(20)38-27)16-35-6-8-36(17-37)9-7-35/h2-5,10-12,14-15,33H,6-9,16H2,1H3,(H,32,34). The minimum Gasteiger partial charge on any atom is -0.456 e. The molecule has 2 aromatic carbocycles. The molecule has 1 saturated heterocycles. The lowest BCUT2D eigenvalue weighted by atomic mass is 10.1. The number of pyridine rings is 1. The zero-order valence-corrected chi connectivity index (χ0v) is 21.5. The Morgan fingerprint density at radius 1 is 1.16 bits per heavy atom. The molecule has 3 aromatic heterocycles. The van der Waals surface area contributed by atoms with E-state index in [9.17, 15) is 10.1 Å². The molecule has 1 fully saturated rings. The second kappa shape index (κ2) is 9.86. The highest BCUT2D eigenvalue weighted by Crippen LogP contribution is 2.39. The van der Waals surface area contributed by atoms with Crippen molar-refractivity contribution in [2.24, 2.45) is 0 Å². The van der Waals surface area contributed by atoms with Gasteiger partial charge in [0, 0.05) is 67.8 Å². The Kier molecular flexibility index (Phi) is 6.24. The van der Waals surface area contributed by atoms with Crippen molar-refractivity contribution < 1.29 is 9.21 Å². The van der Waals surface area contributed by atoms with Gasteiger partial charge in [0.2, 0.25) is 0 Å². The van der Waals surface area contributed by atoms with Crippen LogP contribution in [0.2, 0.25) is 5.02 Å². The number of nitriles is 1. The highest BCUT2D eigenvalue weighted by Gasteiger charge is 2.19. The zero-order chi connectivity index (χ0) is 26.2. The molecule has 1 aliphatic rings. The van der Waals surface area contributed by atoms with Crippen molar-refractivity contribution >= 4 is 51.3 Å². The number of halogens is 1. The molecule has 1 radical (unpaired) electrons. The van der Waals surface area contributed by atoms with E-state index in [-0.39, 0.29) is 0 Å². The first-order valence-electron chi connectivity index (χ1n) is 12.3. The fraction of sp³-hybridized carbons (Fsp3) is 0.207. The molecule has 1 aliphatic heterocycles. The van der Waals surface area contributed by atoms with E-state index < -0.39 is 0 Å². The van der Waals surface area contributed by atoms with Crippen LogP contribution in [0.15, 0.2) is 59.4 Å². The number of nitrogens with zero attached hydrogens (tertiary/aromatic N) is 4. The summed E-state index contributed by atoms with van der Waals surface area (Å²) < 4.78 is 6.23. The molecule has 1 amide bonds. The average molecular weight is 524 g/mol. The number of rotatable bonds is 6. The Bertz CT molecular complexity index is 1710. The Morgan fingerprint density at radius 2 is 2.00 bits per heavy atom. The van der Waals surface area contributed by atoms with E-state index in [0.29, 0.717) is 40.7 Å². The van der Waals surface area contributed by atoms with Gasteiger partial charge in [-0.1, -0.05) is 17.7 Å². The molecule has 2 N–H and O–H groups in total. The summed E-state index contributed by atoms with van der Waals surface area (Å²) in [5.41, 5.74) is 6.32. The van der Waals surface area contributed by atoms with Crippen LogP contribution in [0.5, 0.6) is 0 Å². The predicted molar refractivity (Wildman–Crippen MR) is 148 cm³/mol. The Morgan fingerprint density at radius 3 is 2.79 bits per heavy atom. The minimum atomic E-state index is 0.403. The Hall–Kier alpha value is -4.32. The number of anilines is 2. The molecule has 6 rings (SSSR count). The lowest BCUT2D eigenvalue weighted by Crippen LogP contribution is -2.45. The van der Waals surface area contributed by atoms with Gasteiger partial charge in [0.1, 0.15) is 17.4 Å². The van der Waals surface area contributed by atoms with Crippen LogP contribution in [0.4, 0.5) is 11.4 Å². The van der Waals surface area contributed by atoms with Crippen LogP contribution in [-0.2, 0) is 11.3 Å². The number of furan rings is 1. The molecule has 0 bridgehead atoms. The number of hydrogen-bond donors (Lipinski definition) is 2. The number of H-pyrrole nitrogens is 1. The van der Waals surface area contributed by atoms with Crippen molar-refractivity contribution in [3.05, 3.63) is 76.7 Å². The maximum Gasteiger partial charge on any atom is 0.312 e. The van der Waals surface area contributed by atoms with Gasteiger partial charge in [-0.25, -0.2) is 0 Å². The summed E-state index contributed by atoms with van der Waals surface area (Å²) in [6.45, 7) is 5.85. The number of aromatic nitrogens is 2. The van der Waals surface area contributed by atoms with Gasteiger partial charge in [-0.3, -0.25) is 14.7 Å². The van der Waals surface area contributed by atoms with Gasteiger partial charge < -0.3 is 19.6 Å². The molecular weight excluding hydrogens is 500 g/mol. The number of piperazine rings is 1. The van der Waals surface area contributed by atoms with Crippen molar-refractivity contribution in [3.63, 3.8) is 0 Å². The molecular formula is C29H24ClN6O2. The van der Waals surface area contributed by atoms with Crippen LogP contribution in [0, 0.1) is 18.3 Å².